The minimum absolute atomic E-state index is 0.255. The molecule has 0 aromatic rings. The molecule has 0 spiro atoms. The largest absolute Gasteiger partial charge is 0.336 e. The van der Waals surface area contributed by atoms with E-state index in [-0.39, 0.29) is 6.04 Å². The standard InChI is InChI=1S/C7H11Cl3N2O/c1-5-4-12(3-2-11-5)6(13)7(8,9)10/h5,11H,2-4H2,1H3. The summed E-state index contributed by atoms with van der Waals surface area (Å²) in [5.74, 6) is -0.439. The molecule has 1 amide bonds. The minimum Gasteiger partial charge on any atom is -0.336 e. The predicted octanol–water partition coefficient (Wildman–Crippen LogP) is 1.18. The van der Waals surface area contributed by atoms with Crippen molar-refractivity contribution in [2.24, 2.45) is 0 Å². The molecule has 76 valence electrons. The number of halogens is 3. The van der Waals surface area contributed by atoms with Crippen LogP contribution in [-0.2, 0) is 4.79 Å². The summed E-state index contributed by atoms with van der Waals surface area (Å²) in [5, 5.41) is 3.20. The Balaban J connectivity index is 2.56. The number of amides is 1. The number of nitrogens with zero attached hydrogens (tertiary/aromatic N) is 1. The third-order valence-corrected chi connectivity index (χ3v) is 2.38. The number of carbonyl (C=O) groups excluding carboxylic acids is 1. The molecule has 1 fully saturated rings. The van der Waals surface area contributed by atoms with Gasteiger partial charge in [0.2, 0.25) is 0 Å². The van der Waals surface area contributed by atoms with Gasteiger partial charge in [-0.15, -0.1) is 0 Å². The van der Waals surface area contributed by atoms with Crippen LogP contribution in [0.15, 0.2) is 0 Å². The van der Waals surface area contributed by atoms with E-state index in [1.165, 1.54) is 0 Å². The normalized spacial score (nSPS) is 24.6. The Morgan fingerprint density at radius 1 is 1.54 bits per heavy atom. The van der Waals surface area contributed by atoms with Gasteiger partial charge in [-0.1, -0.05) is 34.8 Å². The molecule has 1 aliphatic heterocycles. The van der Waals surface area contributed by atoms with E-state index in [0.717, 1.165) is 6.54 Å². The van der Waals surface area contributed by atoms with Crippen molar-refractivity contribution in [1.29, 1.82) is 0 Å². The lowest BCUT2D eigenvalue weighted by Gasteiger charge is -2.33. The molecule has 0 aromatic carbocycles. The number of piperazine rings is 1. The summed E-state index contributed by atoms with van der Waals surface area (Å²) in [7, 11) is 0. The lowest BCUT2D eigenvalue weighted by atomic mass is 10.2. The lowest BCUT2D eigenvalue weighted by Crippen LogP contribution is -2.53. The average Bonchev–Trinajstić information content (AvgIpc) is 2.01. The molecule has 0 saturated carbocycles. The molecule has 0 aliphatic carbocycles. The molecule has 1 rings (SSSR count). The van der Waals surface area contributed by atoms with Gasteiger partial charge < -0.3 is 10.2 Å². The summed E-state index contributed by atoms with van der Waals surface area (Å²) in [6, 6.07) is 0.255. The first-order valence-corrected chi connectivity index (χ1v) is 5.14. The highest BCUT2D eigenvalue weighted by atomic mass is 35.6. The summed E-state index contributed by atoms with van der Waals surface area (Å²) in [6.07, 6.45) is 0. The molecule has 1 atom stereocenters. The quantitative estimate of drug-likeness (QED) is 0.650. The molecule has 0 aromatic heterocycles. The fraction of sp³-hybridized carbons (Fsp3) is 0.857. The van der Waals surface area contributed by atoms with E-state index in [0.29, 0.717) is 13.1 Å². The zero-order chi connectivity index (χ0) is 10.1. The lowest BCUT2D eigenvalue weighted by molar-refractivity contribution is -0.131. The zero-order valence-electron chi connectivity index (χ0n) is 7.19. The van der Waals surface area contributed by atoms with Crippen molar-refractivity contribution >= 4 is 40.7 Å². The Morgan fingerprint density at radius 2 is 2.15 bits per heavy atom. The van der Waals surface area contributed by atoms with Gasteiger partial charge in [0, 0.05) is 25.7 Å². The van der Waals surface area contributed by atoms with Crippen LogP contribution in [0.1, 0.15) is 6.92 Å². The summed E-state index contributed by atoms with van der Waals surface area (Å²) < 4.78 is -1.82. The fourth-order valence-electron chi connectivity index (χ4n) is 1.30. The molecule has 1 unspecified atom stereocenters. The van der Waals surface area contributed by atoms with Gasteiger partial charge >= 0.3 is 0 Å². The van der Waals surface area contributed by atoms with Gasteiger partial charge in [-0.2, -0.15) is 0 Å². The average molecular weight is 246 g/mol. The molecule has 1 aliphatic rings. The molecule has 1 heterocycles. The minimum atomic E-state index is -1.82. The van der Waals surface area contributed by atoms with Crippen LogP contribution in [0, 0.1) is 0 Å². The van der Waals surface area contributed by atoms with Crippen LogP contribution in [-0.4, -0.2) is 40.3 Å². The number of alkyl halides is 3. The van der Waals surface area contributed by atoms with Crippen LogP contribution >= 0.6 is 34.8 Å². The van der Waals surface area contributed by atoms with Crippen LogP contribution < -0.4 is 5.32 Å². The van der Waals surface area contributed by atoms with Crippen LogP contribution in [0.4, 0.5) is 0 Å². The smallest absolute Gasteiger partial charge is 0.274 e. The molecule has 0 bridgehead atoms. The van der Waals surface area contributed by atoms with E-state index in [1.54, 1.807) is 4.90 Å². The van der Waals surface area contributed by atoms with E-state index >= 15 is 0 Å². The summed E-state index contributed by atoms with van der Waals surface area (Å²) in [6.45, 7) is 3.91. The Kier molecular flexibility index (Phi) is 3.69. The number of hydrogen-bond donors (Lipinski definition) is 1. The molecule has 3 nitrogen and oxygen atoms in total. The van der Waals surface area contributed by atoms with Crippen molar-refractivity contribution in [3.8, 4) is 0 Å². The fourth-order valence-corrected chi connectivity index (χ4v) is 1.65. The zero-order valence-corrected chi connectivity index (χ0v) is 9.46. The molecule has 1 N–H and O–H groups in total. The molecule has 0 radical (unpaired) electrons. The highest BCUT2D eigenvalue weighted by molar-refractivity contribution is 6.76. The first-order chi connectivity index (χ1) is 5.91. The molecule has 1 saturated heterocycles. The Labute approximate surface area is 92.3 Å². The highest BCUT2D eigenvalue weighted by Crippen LogP contribution is 2.28. The van der Waals surface area contributed by atoms with Crippen LogP contribution in [0.25, 0.3) is 0 Å². The summed E-state index contributed by atoms with van der Waals surface area (Å²) in [5.41, 5.74) is 0. The van der Waals surface area contributed by atoms with E-state index in [9.17, 15) is 4.79 Å². The van der Waals surface area contributed by atoms with Gasteiger partial charge in [0.15, 0.2) is 0 Å². The van der Waals surface area contributed by atoms with Gasteiger partial charge in [0.25, 0.3) is 9.70 Å². The van der Waals surface area contributed by atoms with Crippen molar-refractivity contribution in [3.63, 3.8) is 0 Å². The van der Waals surface area contributed by atoms with E-state index < -0.39 is 9.70 Å². The number of rotatable bonds is 0. The van der Waals surface area contributed by atoms with E-state index in [4.69, 9.17) is 34.8 Å². The molecular weight excluding hydrogens is 234 g/mol. The second kappa shape index (κ2) is 4.22. The molecular formula is C7H11Cl3N2O. The van der Waals surface area contributed by atoms with Crippen LogP contribution in [0.2, 0.25) is 0 Å². The number of hydrogen-bond acceptors (Lipinski definition) is 2. The van der Waals surface area contributed by atoms with Gasteiger partial charge in [0.1, 0.15) is 0 Å². The topological polar surface area (TPSA) is 32.3 Å². The second-order valence-electron chi connectivity index (χ2n) is 3.10. The van der Waals surface area contributed by atoms with Crippen molar-refractivity contribution in [2.75, 3.05) is 19.6 Å². The maximum atomic E-state index is 11.5. The predicted molar refractivity (Wildman–Crippen MR) is 54.3 cm³/mol. The first-order valence-electron chi connectivity index (χ1n) is 4.00. The van der Waals surface area contributed by atoms with Gasteiger partial charge in [-0.05, 0) is 6.92 Å². The maximum absolute atomic E-state index is 11.5. The summed E-state index contributed by atoms with van der Waals surface area (Å²) >= 11 is 16.5. The second-order valence-corrected chi connectivity index (χ2v) is 5.39. The van der Waals surface area contributed by atoms with Crippen molar-refractivity contribution in [3.05, 3.63) is 0 Å². The Morgan fingerprint density at radius 3 is 2.62 bits per heavy atom. The summed E-state index contributed by atoms with van der Waals surface area (Å²) in [4.78, 5) is 13.0. The van der Waals surface area contributed by atoms with Crippen molar-refractivity contribution in [1.82, 2.24) is 10.2 Å². The number of nitrogens with one attached hydrogen (secondary N) is 1. The van der Waals surface area contributed by atoms with Crippen LogP contribution in [0.3, 0.4) is 0 Å². The third-order valence-electron chi connectivity index (χ3n) is 1.90. The van der Waals surface area contributed by atoms with Gasteiger partial charge in [-0.25, -0.2) is 0 Å². The maximum Gasteiger partial charge on any atom is 0.274 e. The van der Waals surface area contributed by atoms with Crippen molar-refractivity contribution < 1.29 is 4.79 Å². The third kappa shape index (κ3) is 3.17. The van der Waals surface area contributed by atoms with E-state index in [1.807, 2.05) is 6.92 Å². The SMILES string of the molecule is CC1CN(C(=O)C(Cl)(Cl)Cl)CCN1. The van der Waals surface area contributed by atoms with Gasteiger partial charge in [0.05, 0.1) is 0 Å². The van der Waals surface area contributed by atoms with E-state index in [2.05, 4.69) is 5.32 Å². The van der Waals surface area contributed by atoms with Crippen LogP contribution in [0.5, 0.6) is 0 Å². The highest BCUT2D eigenvalue weighted by Gasteiger charge is 2.36. The monoisotopic (exact) mass is 244 g/mol. The molecule has 13 heavy (non-hydrogen) atoms. The Hall–Kier alpha value is 0.300. The van der Waals surface area contributed by atoms with Gasteiger partial charge in [-0.3, -0.25) is 4.79 Å². The Bertz CT molecular complexity index is 204. The first kappa shape index (κ1) is 11.4. The number of carbonyl (C=O) groups is 1. The molecule has 6 heteroatoms. The van der Waals surface area contributed by atoms with Crippen molar-refractivity contribution in [2.45, 2.75) is 16.8 Å².